The Morgan fingerprint density at radius 1 is 0.275 bits per heavy atom. The number of fused-ring (bicyclic) bond motifs is 5. The van der Waals surface area contributed by atoms with E-state index in [1.807, 2.05) is 18.2 Å². The molecule has 13 rings (SSSR count). The van der Waals surface area contributed by atoms with Crippen LogP contribution in [0.5, 0.6) is 0 Å². The Balaban J connectivity index is 1.13. The van der Waals surface area contributed by atoms with Crippen LogP contribution in [-0.2, 0) is 0 Å². The molecule has 10 aromatic carbocycles. The minimum atomic E-state index is -3.12. The lowest BCUT2D eigenvalue weighted by atomic mass is 9.99. The largest absolute Gasteiger partial charge is 0.278 e. The quantitative estimate of drug-likeness (QED) is 0.143. The van der Waals surface area contributed by atoms with Crippen LogP contribution in [0.25, 0.3) is 61.7 Å². The molecule has 6 heteroatoms. The van der Waals surface area contributed by atoms with E-state index in [1.54, 1.807) is 0 Å². The number of nitrogens with zero attached hydrogens (tertiary/aromatic N) is 4. The summed E-state index contributed by atoms with van der Waals surface area (Å²) in [5.41, 5.74) is 6.14. The fourth-order valence-electron chi connectivity index (χ4n) is 11.5. The summed E-state index contributed by atoms with van der Waals surface area (Å²) in [7, 11) is -6.00. The van der Waals surface area contributed by atoms with E-state index in [0.29, 0.717) is 17.6 Å². The van der Waals surface area contributed by atoms with E-state index in [4.69, 9.17) is 15.0 Å². The molecule has 0 aliphatic carbocycles. The van der Waals surface area contributed by atoms with Crippen LogP contribution in [0, 0.1) is 0 Å². The van der Waals surface area contributed by atoms with Crippen molar-refractivity contribution in [2.24, 2.45) is 0 Å². The average Bonchev–Trinajstić information content (AvgIpc) is 3.77. The van der Waals surface area contributed by atoms with Gasteiger partial charge in [-0.2, -0.15) is 9.97 Å². The molecule has 0 spiro atoms. The maximum Gasteiger partial charge on any atom is 0.238 e. The molecule has 324 valence electrons. The third-order valence-corrected chi connectivity index (χ3v) is 24.6. The SMILES string of the molecule is c1ccc(-c2nc(-c3ccccc3-c3ccccc3)nc(-n3c4ccccc4c4ccc([Si]5(c6ccccc6)c6ccccc6[Si](c6ccccc6)(c6ccccc6)c6ccccc65)cc43)n2)cc1. The first-order valence-electron chi connectivity index (χ1n) is 23.6. The van der Waals surface area contributed by atoms with E-state index in [0.717, 1.165) is 44.1 Å². The van der Waals surface area contributed by atoms with Crippen LogP contribution in [0.2, 0.25) is 0 Å². The molecule has 0 saturated heterocycles. The van der Waals surface area contributed by atoms with Gasteiger partial charge in [0, 0.05) is 21.9 Å². The molecule has 2 aromatic heterocycles. The van der Waals surface area contributed by atoms with Crippen LogP contribution in [0.4, 0.5) is 0 Å². The normalized spacial score (nSPS) is 13.4. The topological polar surface area (TPSA) is 43.6 Å². The van der Waals surface area contributed by atoms with Crippen LogP contribution >= 0.6 is 0 Å². The molecule has 69 heavy (non-hydrogen) atoms. The Morgan fingerprint density at radius 2 is 0.681 bits per heavy atom. The molecule has 0 unspecified atom stereocenters. The lowest BCUT2D eigenvalue weighted by Gasteiger charge is -2.48. The van der Waals surface area contributed by atoms with Crippen molar-refractivity contribution in [3.05, 3.63) is 267 Å². The van der Waals surface area contributed by atoms with Crippen LogP contribution < -0.4 is 41.5 Å². The summed E-state index contributed by atoms with van der Waals surface area (Å²) in [5, 5.41) is 13.5. The highest BCUT2D eigenvalue weighted by Gasteiger charge is 2.56. The second-order valence-electron chi connectivity index (χ2n) is 17.8. The molecular weight excluding hydrogens is 869 g/mol. The summed E-state index contributed by atoms with van der Waals surface area (Å²) >= 11 is 0. The lowest BCUT2D eigenvalue weighted by Crippen LogP contribution is -2.93. The molecular formula is C63H44N4Si2. The van der Waals surface area contributed by atoms with Crippen LogP contribution in [0.1, 0.15) is 0 Å². The van der Waals surface area contributed by atoms with Gasteiger partial charge in [0.25, 0.3) is 0 Å². The predicted molar refractivity (Wildman–Crippen MR) is 291 cm³/mol. The van der Waals surface area contributed by atoms with Gasteiger partial charge in [0.1, 0.15) is 0 Å². The monoisotopic (exact) mass is 912 g/mol. The zero-order valence-electron chi connectivity index (χ0n) is 37.7. The molecule has 1 aliphatic heterocycles. The van der Waals surface area contributed by atoms with Crippen molar-refractivity contribution in [1.82, 2.24) is 19.5 Å². The molecule has 1 aliphatic rings. The molecule has 0 amide bonds. The zero-order chi connectivity index (χ0) is 45.8. The second kappa shape index (κ2) is 16.6. The van der Waals surface area contributed by atoms with Gasteiger partial charge in [-0.1, -0.05) is 255 Å². The molecule has 0 bridgehead atoms. The maximum absolute atomic E-state index is 5.49. The third-order valence-electron chi connectivity index (χ3n) is 14.3. The highest BCUT2D eigenvalue weighted by molar-refractivity contribution is 7.32. The van der Waals surface area contributed by atoms with Gasteiger partial charge < -0.3 is 0 Å². The van der Waals surface area contributed by atoms with E-state index in [1.165, 1.54) is 41.5 Å². The Morgan fingerprint density at radius 3 is 1.23 bits per heavy atom. The summed E-state index contributed by atoms with van der Waals surface area (Å²) in [6, 6.07) is 98.2. The number of rotatable bonds is 8. The van der Waals surface area contributed by atoms with E-state index in [2.05, 4.69) is 253 Å². The molecule has 0 N–H and O–H groups in total. The number of hydrogen-bond acceptors (Lipinski definition) is 3. The van der Waals surface area contributed by atoms with Gasteiger partial charge in [0.05, 0.1) is 11.0 Å². The van der Waals surface area contributed by atoms with Gasteiger partial charge in [-0.3, -0.25) is 4.57 Å². The van der Waals surface area contributed by atoms with Gasteiger partial charge in [0.2, 0.25) is 5.95 Å². The van der Waals surface area contributed by atoms with E-state index in [-0.39, 0.29) is 0 Å². The summed E-state index contributed by atoms with van der Waals surface area (Å²) in [4.78, 5) is 16.2. The highest BCUT2D eigenvalue weighted by atomic mass is 28.3. The highest BCUT2D eigenvalue weighted by Crippen LogP contribution is 2.35. The molecule has 0 saturated carbocycles. The minimum absolute atomic E-state index is 0.574. The van der Waals surface area contributed by atoms with Crippen molar-refractivity contribution in [3.8, 4) is 39.9 Å². The summed E-state index contributed by atoms with van der Waals surface area (Å²) < 4.78 is 2.29. The number of benzene rings is 10. The minimum Gasteiger partial charge on any atom is -0.278 e. The van der Waals surface area contributed by atoms with Crippen LogP contribution in [0.15, 0.2) is 267 Å². The third kappa shape index (κ3) is 6.30. The Hall–Kier alpha value is -8.56. The molecule has 0 atom stereocenters. The van der Waals surface area contributed by atoms with Gasteiger partial charge in [-0.15, -0.1) is 0 Å². The molecule has 0 radical (unpaired) electrons. The van der Waals surface area contributed by atoms with E-state index >= 15 is 0 Å². The summed E-state index contributed by atoms with van der Waals surface area (Å²) in [6.07, 6.45) is 0. The predicted octanol–water partition coefficient (Wildman–Crippen LogP) is 9.04. The van der Waals surface area contributed by atoms with Crippen molar-refractivity contribution in [2.75, 3.05) is 0 Å². The zero-order valence-corrected chi connectivity index (χ0v) is 39.7. The summed E-state index contributed by atoms with van der Waals surface area (Å²) in [6.45, 7) is 0. The first kappa shape index (κ1) is 40.7. The lowest BCUT2D eigenvalue weighted by molar-refractivity contribution is 0.954. The maximum atomic E-state index is 5.49. The second-order valence-corrected chi connectivity index (χ2v) is 25.3. The van der Waals surface area contributed by atoms with Crippen LogP contribution in [-0.4, -0.2) is 35.7 Å². The summed E-state index contributed by atoms with van der Waals surface area (Å²) in [5.74, 6) is 1.81. The number of para-hydroxylation sites is 1. The Kier molecular flexibility index (Phi) is 9.82. The van der Waals surface area contributed by atoms with Gasteiger partial charge in [-0.25, -0.2) is 4.98 Å². The number of hydrogen-bond donors (Lipinski definition) is 0. The molecule has 12 aromatic rings. The van der Waals surface area contributed by atoms with Crippen LogP contribution in [0.3, 0.4) is 0 Å². The average molecular weight is 913 g/mol. The molecule has 0 fully saturated rings. The van der Waals surface area contributed by atoms with E-state index in [9.17, 15) is 0 Å². The molecule has 4 nitrogen and oxygen atoms in total. The van der Waals surface area contributed by atoms with Crippen molar-refractivity contribution >= 4 is 79.4 Å². The Bertz CT molecular complexity index is 3750. The standard InChI is InChI=1S/C63H44N4Si2/c1-6-24-45(25-7-1)51-34-16-17-36-54(51)62-64-61(46-26-8-2-9-27-46)65-63(66-62)67-55-37-19-18-35-52(55)53-43-42-50(44-56(53)67)69(49-32-14-5-15-33-49)59-40-22-20-38-57(59)68(47-28-10-3-11-29-47,48-30-12-4-13-31-48)58-39-21-23-41-60(58)69/h1-44H. The van der Waals surface area contributed by atoms with Gasteiger partial charge in [-0.05, 0) is 64.8 Å². The smallest absolute Gasteiger partial charge is 0.238 e. The first-order chi connectivity index (χ1) is 34.2. The number of aromatic nitrogens is 4. The van der Waals surface area contributed by atoms with Crippen molar-refractivity contribution < 1.29 is 0 Å². The fourth-order valence-corrected chi connectivity index (χ4v) is 23.6. The molecule has 3 heterocycles. The van der Waals surface area contributed by atoms with Crippen molar-refractivity contribution in [2.45, 2.75) is 0 Å². The Labute approximate surface area is 403 Å². The van der Waals surface area contributed by atoms with Crippen molar-refractivity contribution in [1.29, 1.82) is 0 Å². The first-order valence-corrected chi connectivity index (χ1v) is 27.6. The van der Waals surface area contributed by atoms with Gasteiger partial charge >= 0.3 is 0 Å². The van der Waals surface area contributed by atoms with Gasteiger partial charge in [0.15, 0.2) is 27.8 Å². The fraction of sp³-hybridized carbons (Fsp3) is 0. The van der Waals surface area contributed by atoms with E-state index < -0.39 is 16.1 Å². The van der Waals surface area contributed by atoms with Crippen molar-refractivity contribution in [3.63, 3.8) is 0 Å².